The summed E-state index contributed by atoms with van der Waals surface area (Å²) >= 11 is 0. The minimum Gasteiger partial charge on any atom is -0.497 e. The molecule has 0 spiro atoms. The number of hydrogen-bond acceptors (Lipinski definition) is 5. The zero-order chi connectivity index (χ0) is 17.6. The molecule has 0 fully saturated rings. The molecule has 1 amide bonds. The maximum atomic E-state index is 13.6. The van der Waals surface area contributed by atoms with E-state index in [2.05, 4.69) is 20.8 Å². The first-order valence-electron chi connectivity index (χ1n) is 7.46. The molecule has 1 aromatic heterocycles. The van der Waals surface area contributed by atoms with Crippen molar-refractivity contribution in [3.8, 4) is 5.75 Å². The van der Waals surface area contributed by atoms with Crippen LogP contribution in [-0.2, 0) is 0 Å². The Bertz CT molecular complexity index is 884. The number of halogens is 1. The predicted molar refractivity (Wildman–Crippen MR) is 92.7 cm³/mol. The maximum Gasteiger partial charge on any atom is 0.256 e. The standard InChI is InChI=1S/C18H15FN4O2/c1-25-13-6-4-5-12(11-13)18(24)21-17-10-9-16(22-23-17)20-15-8-3-2-7-14(15)19/h2-11H,1H3,(H,20,22)(H,21,23,24). The van der Waals surface area contributed by atoms with Crippen molar-refractivity contribution < 1.29 is 13.9 Å². The minimum absolute atomic E-state index is 0.284. The normalized spacial score (nSPS) is 10.2. The van der Waals surface area contributed by atoms with Crippen molar-refractivity contribution in [1.82, 2.24) is 10.2 Å². The Kier molecular flexibility index (Phi) is 4.84. The van der Waals surface area contributed by atoms with Gasteiger partial charge in [-0.1, -0.05) is 18.2 Å². The van der Waals surface area contributed by atoms with E-state index in [1.54, 1.807) is 54.6 Å². The van der Waals surface area contributed by atoms with Crippen molar-refractivity contribution in [2.45, 2.75) is 0 Å². The summed E-state index contributed by atoms with van der Waals surface area (Å²) < 4.78 is 18.7. The van der Waals surface area contributed by atoms with Crippen LogP contribution in [0, 0.1) is 5.82 Å². The Hall–Kier alpha value is -3.48. The molecular formula is C18H15FN4O2. The summed E-state index contributed by atoms with van der Waals surface area (Å²) in [6.07, 6.45) is 0. The van der Waals surface area contributed by atoms with Crippen molar-refractivity contribution in [2.24, 2.45) is 0 Å². The third-order valence-corrected chi connectivity index (χ3v) is 3.37. The lowest BCUT2D eigenvalue weighted by atomic mass is 10.2. The van der Waals surface area contributed by atoms with Gasteiger partial charge in [0.25, 0.3) is 5.91 Å². The highest BCUT2D eigenvalue weighted by Crippen LogP contribution is 2.18. The number of benzene rings is 2. The van der Waals surface area contributed by atoms with Crippen LogP contribution in [0.2, 0.25) is 0 Å². The maximum absolute atomic E-state index is 13.6. The molecule has 0 radical (unpaired) electrons. The molecule has 2 N–H and O–H groups in total. The summed E-state index contributed by atoms with van der Waals surface area (Å²) in [4.78, 5) is 12.2. The highest BCUT2D eigenvalue weighted by Gasteiger charge is 2.09. The Morgan fingerprint density at radius 1 is 1.00 bits per heavy atom. The van der Waals surface area contributed by atoms with Gasteiger partial charge in [-0.3, -0.25) is 4.79 Å². The van der Waals surface area contributed by atoms with Crippen molar-refractivity contribution in [1.29, 1.82) is 0 Å². The molecule has 0 aliphatic carbocycles. The molecule has 6 nitrogen and oxygen atoms in total. The molecule has 2 aromatic carbocycles. The molecule has 0 aliphatic rings. The molecule has 0 unspecified atom stereocenters. The summed E-state index contributed by atoms with van der Waals surface area (Å²) in [5, 5.41) is 13.3. The van der Waals surface area contributed by atoms with E-state index < -0.39 is 0 Å². The lowest BCUT2D eigenvalue weighted by Crippen LogP contribution is -2.13. The molecule has 0 atom stereocenters. The summed E-state index contributed by atoms with van der Waals surface area (Å²) in [6, 6.07) is 16.2. The molecule has 7 heteroatoms. The van der Waals surface area contributed by atoms with Crippen LogP contribution in [-0.4, -0.2) is 23.2 Å². The SMILES string of the molecule is COc1cccc(C(=O)Nc2ccc(Nc3ccccc3F)nn2)c1. The van der Waals surface area contributed by atoms with Crippen LogP contribution in [0.25, 0.3) is 0 Å². The predicted octanol–water partition coefficient (Wildman–Crippen LogP) is 3.62. The van der Waals surface area contributed by atoms with Crippen molar-refractivity contribution in [3.63, 3.8) is 0 Å². The van der Waals surface area contributed by atoms with E-state index in [1.807, 2.05) is 0 Å². The molecule has 0 saturated carbocycles. The summed E-state index contributed by atoms with van der Waals surface area (Å²) in [7, 11) is 1.53. The van der Waals surface area contributed by atoms with E-state index in [0.29, 0.717) is 22.8 Å². The number of hydrogen-bond donors (Lipinski definition) is 2. The van der Waals surface area contributed by atoms with E-state index in [4.69, 9.17) is 4.74 Å². The average Bonchev–Trinajstić information content (AvgIpc) is 2.65. The topological polar surface area (TPSA) is 76.1 Å². The first kappa shape index (κ1) is 16.4. The van der Waals surface area contributed by atoms with E-state index >= 15 is 0 Å². The number of rotatable bonds is 5. The van der Waals surface area contributed by atoms with Crippen LogP contribution in [0.3, 0.4) is 0 Å². The Labute approximate surface area is 143 Å². The summed E-state index contributed by atoms with van der Waals surface area (Å²) in [5.41, 5.74) is 0.736. The Morgan fingerprint density at radius 3 is 2.48 bits per heavy atom. The number of amides is 1. The molecule has 0 aliphatic heterocycles. The number of methoxy groups -OCH3 is 1. The van der Waals surface area contributed by atoms with Gasteiger partial charge in [0, 0.05) is 5.56 Å². The lowest BCUT2D eigenvalue weighted by Gasteiger charge is -2.08. The monoisotopic (exact) mass is 338 g/mol. The van der Waals surface area contributed by atoms with Gasteiger partial charge < -0.3 is 15.4 Å². The van der Waals surface area contributed by atoms with Crippen LogP contribution in [0.15, 0.2) is 60.7 Å². The number of ether oxygens (including phenoxy) is 1. The van der Waals surface area contributed by atoms with Gasteiger partial charge in [0.05, 0.1) is 12.8 Å². The molecular weight excluding hydrogens is 323 g/mol. The second-order valence-corrected chi connectivity index (χ2v) is 5.09. The average molecular weight is 338 g/mol. The molecule has 126 valence electrons. The second kappa shape index (κ2) is 7.39. The van der Waals surface area contributed by atoms with E-state index in [9.17, 15) is 9.18 Å². The minimum atomic E-state index is -0.389. The van der Waals surface area contributed by atoms with E-state index in [1.165, 1.54) is 13.2 Å². The summed E-state index contributed by atoms with van der Waals surface area (Å²) in [6.45, 7) is 0. The fourth-order valence-corrected chi connectivity index (χ4v) is 2.12. The van der Waals surface area contributed by atoms with Gasteiger partial charge in [-0.05, 0) is 42.5 Å². The number of para-hydroxylation sites is 1. The largest absolute Gasteiger partial charge is 0.497 e. The second-order valence-electron chi connectivity index (χ2n) is 5.09. The highest BCUT2D eigenvalue weighted by atomic mass is 19.1. The molecule has 25 heavy (non-hydrogen) atoms. The van der Waals surface area contributed by atoms with Crippen LogP contribution in [0.5, 0.6) is 5.75 Å². The van der Waals surface area contributed by atoms with Crippen LogP contribution in [0.1, 0.15) is 10.4 Å². The van der Waals surface area contributed by atoms with Gasteiger partial charge >= 0.3 is 0 Å². The molecule has 0 bridgehead atoms. The van der Waals surface area contributed by atoms with Gasteiger partial charge in [-0.2, -0.15) is 0 Å². The number of aromatic nitrogens is 2. The van der Waals surface area contributed by atoms with Crippen LogP contribution >= 0.6 is 0 Å². The number of anilines is 3. The summed E-state index contributed by atoms with van der Waals surface area (Å²) in [5.74, 6) is 0.516. The number of carbonyl (C=O) groups excluding carboxylic acids is 1. The fraction of sp³-hybridized carbons (Fsp3) is 0.0556. The Morgan fingerprint density at radius 2 is 1.76 bits per heavy atom. The van der Waals surface area contributed by atoms with Crippen molar-refractivity contribution in [2.75, 3.05) is 17.7 Å². The molecule has 3 aromatic rings. The number of carbonyl (C=O) groups is 1. The van der Waals surface area contributed by atoms with Crippen LogP contribution < -0.4 is 15.4 Å². The third kappa shape index (κ3) is 4.08. The van der Waals surface area contributed by atoms with Crippen LogP contribution in [0.4, 0.5) is 21.7 Å². The van der Waals surface area contributed by atoms with Gasteiger partial charge in [-0.15, -0.1) is 10.2 Å². The van der Waals surface area contributed by atoms with Gasteiger partial charge in [-0.25, -0.2) is 4.39 Å². The van der Waals surface area contributed by atoms with Crippen molar-refractivity contribution >= 4 is 23.2 Å². The Balaban J connectivity index is 1.68. The smallest absolute Gasteiger partial charge is 0.256 e. The van der Waals surface area contributed by atoms with Gasteiger partial charge in [0.2, 0.25) is 0 Å². The zero-order valence-electron chi connectivity index (χ0n) is 13.4. The first-order valence-corrected chi connectivity index (χ1v) is 7.46. The fourth-order valence-electron chi connectivity index (χ4n) is 2.12. The molecule has 1 heterocycles. The molecule has 0 saturated heterocycles. The highest BCUT2D eigenvalue weighted by molar-refractivity contribution is 6.03. The van der Waals surface area contributed by atoms with Crippen molar-refractivity contribution in [3.05, 3.63) is 72.0 Å². The first-order chi connectivity index (χ1) is 12.2. The zero-order valence-corrected chi connectivity index (χ0v) is 13.4. The lowest BCUT2D eigenvalue weighted by molar-refractivity contribution is 0.102. The number of nitrogens with one attached hydrogen (secondary N) is 2. The quantitative estimate of drug-likeness (QED) is 0.743. The van der Waals surface area contributed by atoms with E-state index in [-0.39, 0.29) is 17.5 Å². The molecule has 3 rings (SSSR count). The van der Waals surface area contributed by atoms with E-state index in [0.717, 1.165) is 0 Å². The number of nitrogens with zero attached hydrogens (tertiary/aromatic N) is 2. The van der Waals surface area contributed by atoms with Gasteiger partial charge in [0.1, 0.15) is 11.6 Å². The third-order valence-electron chi connectivity index (χ3n) is 3.37. The van der Waals surface area contributed by atoms with Gasteiger partial charge in [0.15, 0.2) is 11.6 Å².